The first-order valence-electron chi connectivity index (χ1n) is 8.94. The average molecular weight is 366 g/mol. The number of aromatic nitrogens is 1. The van der Waals surface area contributed by atoms with Crippen molar-refractivity contribution in [2.45, 2.75) is 23.9 Å². The molecule has 1 aliphatic heterocycles. The Bertz CT molecular complexity index is 951. The Morgan fingerprint density at radius 2 is 2.04 bits per heavy atom. The number of nitrogens with one attached hydrogen (secondary N) is 2. The zero-order valence-electron chi connectivity index (χ0n) is 14.9. The number of pyridine rings is 1. The van der Waals surface area contributed by atoms with Crippen LogP contribution in [0.2, 0.25) is 0 Å². The van der Waals surface area contributed by atoms with E-state index in [-0.39, 0.29) is 5.56 Å². The summed E-state index contributed by atoms with van der Waals surface area (Å²) < 4.78 is 0. The van der Waals surface area contributed by atoms with Gasteiger partial charge in [0, 0.05) is 47.8 Å². The van der Waals surface area contributed by atoms with Crippen LogP contribution in [0.1, 0.15) is 12.0 Å². The van der Waals surface area contributed by atoms with Gasteiger partial charge in [0.05, 0.1) is 0 Å². The van der Waals surface area contributed by atoms with Crippen LogP contribution in [-0.4, -0.2) is 35.3 Å². The molecule has 0 amide bonds. The van der Waals surface area contributed by atoms with Crippen LogP contribution in [0.4, 0.5) is 5.69 Å². The largest absolute Gasteiger partial charge is 0.381 e. The number of aromatic amines is 1. The fraction of sp³-hybridized carbons (Fsp3) is 0.286. The molecule has 1 atom stereocenters. The Balaban J connectivity index is 1.38. The van der Waals surface area contributed by atoms with Crippen molar-refractivity contribution in [3.63, 3.8) is 0 Å². The van der Waals surface area contributed by atoms with E-state index < -0.39 is 0 Å². The quantitative estimate of drug-likeness (QED) is 0.673. The van der Waals surface area contributed by atoms with Gasteiger partial charge in [0.15, 0.2) is 0 Å². The van der Waals surface area contributed by atoms with E-state index in [2.05, 4.69) is 51.8 Å². The van der Waals surface area contributed by atoms with Crippen molar-refractivity contribution in [1.29, 1.82) is 0 Å². The predicted octanol–water partition coefficient (Wildman–Crippen LogP) is 3.94. The Morgan fingerprint density at radius 1 is 1.19 bits per heavy atom. The van der Waals surface area contributed by atoms with Gasteiger partial charge < -0.3 is 10.3 Å². The molecule has 3 aromatic rings. The molecule has 4 nitrogen and oxygen atoms in total. The van der Waals surface area contributed by atoms with Crippen LogP contribution in [0.25, 0.3) is 10.8 Å². The van der Waals surface area contributed by atoms with Crippen LogP contribution in [-0.2, 0) is 6.54 Å². The van der Waals surface area contributed by atoms with Gasteiger partial charge in [0.2, 0.25) is 0 Å². The third-order valence-electron chi connectivity index (χ3n) is 4.98. The molecule has 0 aliphatic carbocycles. The second-order valence-corrected chi connectivity index (χ2v) is 7.70. The van der Waals surface area contributed by atoms with Crippen LogP contribution in [0.3, 0.4) is 0 Å². The van der Waals surface area contributed by atoms with Crippen LogP contribution in [0.5, 0.6) is 0 Å². The van der Waals surface area contributed by atoms with E-state index in [0.29, 0.717) is 6.04 Å². The number of benzene rings is 2. The summed E-state index contributed by atoms with van der Waals surface area (Å²) >= 11 is 1.78. The molecule has 0 unspecified atom stereocenters. The Hall–Kier alpha value is -2.24. The second kappa shape index (κ2) is 7.56. The number of thioether (sulfide) groups is 1. The molecule has 2 aromatic carbocycles. The van der Waals surface area contributed by atoms with E-state index in [9.17, 15) is 4.79 Å². The summed E-state index contributed by atoms with van der Waals surface area (Å²) in [6.45, 7) is 3.15. The lowest BCUT2D eigenvalue weighted by atomic mass is 10.1. The Kier molecular flexibility index (Phi) is 5.00. The van der Waals surface area contributed by atoms with Crippen LogP contribution in [0.15, 0.2) is 64.4 Å². The van der Waals surface area contributed by atoms with Crippen molar-refractivity contribution in [2.24, 2.45) is 0 Å². The van der Waals surface area contributed by atoms with Gasteiger partial charge in [0.25, 0.3) is 5.56 Å². The molecule has 134 valence electrons. The summed E-state index contributed by atoms with van der Waals surface area (Å²) in [5.41, 5.74) is 2.42. The van der Waals surface area contributed by atoms with Crippen molar-refractivity contribution >= 4 is 28.2 Å². The number of likely N-dealkylation sites (tertiary alicyclic amines) is 1. The first-order valence-corrected chi connectivity index (χ1v) is 10.2. The van der Waals surface area contributed by atoms with Crippen molar-refractivity contribution < 1.29 is 0 Å². The van der Waals surface area contributed by atoms with E-state index in [1.165, 1.54) is 10.5 Å². The van der Waals surface area contributed by atoms with Crippen LogP contribution >= 0.6 is 11.8 Å². The van der Waals surface area contributed by atoms with Crippen molar-refractivity contribution in [3.05, 3.63) is 70.6 Å². The van der Waals surface area contributed by atoms with E-state index in [4.69, 9.17) is 0 Å². The van der Waals surface area contributed by atoms with Gasteiger partial charge in [-0.15, -0.1) is 11.8 Å². The van der Waals surface area contributed by atoms with Gasteiger partial charge in [-0.05, 0) is 60.0 Å². The predicted molar refractivity (Wildman–Crippen MR) is 110 cm³/mol. The molecule has 1 fully saturated rings. The number of fused-ring (bicyclic) bond motifs is 1. The first-order chi connectivity index (χ1) is 12.7. The minimum Gasteiger partial charge on any atom is -0.381 e. The highest BCUT2D eigenvalue weighted by Crippen LogP contribution is 2.22. The monoisotopic (exact) mass is 365 g/mol. The molecule has 0 radical (unpaired) electrons. The highest BCUT2D eigenvalue weighted by atomic mass is 32.2. The standard InChI is InChI=1S/C21H23N3OS/c1-26-19-5-2-15(3-6-19)13-24-11-9-18(14-24)23-17-4-7-20-16(12-17)8-10-22-21(20)25/h2-8,10,12,18,23H,9,11,13-14H2,1H3,(H,22,25)/t18-/m0/s1. The summed E-state index contributed by atoms with van der Waals surface area (Å²) in [5.74, 6) is 0. The average Bonchev–Trinajstić information content (AvgIpc) is 3.09. The van der Waals surface area contributed by atoms with Crippen molar-refractivity contribution in [1.82, 2.24) is 9.88 Å². The maximum Gasteiger partial charge on any atom is 0.255 e. The third kappa shape index (κ3) is 3.79. The van der Waals surface area contributed by atoms with E-state index in [1.54, 1.807) is 18.0 Å². The fourth-order valence-electron chi connectivity index (χ4n) is 3.60. The fourth-order valence-corrected chi connectivity index (χ4v) is 4.01. The van der Waals surface area contributed by atoms with Gasteiger partial charge in [-0.1, -0.05) is 12.1 Å². The molecule has 4 rings (SSSR count). The summed E-state index contributed by atoms with van der Waals surface area (Å²) in [7, 11) is 0. The van der Waals surface area contributed by atoms with Crippen molar-refractivity contribution in [3.8, 4) is 0 Å². The number of nitrogens with zero attached hydrogens (tertiary/aromatic N) is 1. The minimum absolute atomic E-state index is 0.0337. The molecule has 1 aliphatic rings. The molecule has 0 saturated carbocycles. The molecule has 26 heavy (non-hydrogen) atoms. The van der Waals surface area contributed by atoms with Crippen molar-refractivity contribution in [2.75, 3.05) is 24.7 Å². The number of anilines is 1. The molecule has 2 N–H and O–H groups in total. The van der Waals surface area contributed by atoms with Gasteiger partial charge in [0.1, 0.15) is 0 Å². The second-order valence-electron chi connectivity index (χ2n) is 6.82. The lowest BCUT2D eigenvalue weighted by Gasteiger charge is -2.18. The number of H-pyrrole nitrogens is 1. The zero-order valence-corrected chi connectivity index (χ0v) is 15.7. The minimum atomic E-state index is -0.0337. The normalized spacial score (nSPS) is 17.7. The van der Waals surface area contributed by atoms with Gasteiger partial charge in [-0.3, -0.25) is 9.69 Å². The summed E-state index contributed by atoms with van der Waals surface area (Å²) in [6.07, 6.45) is 4.94. The molecular weight excluding hydrogens is 342 g/mol. The van der Waals surface area contributed by atoms with Gasteiger partial charge >= 0.3 is 0 Å². The molecule has 2 heterocycles. The first kappa shape index (κ1) is 17.2. The van der Waals surface area contributed by atoms with Crippen LogP contribution < -0.4 is 10.9 Å². The van der Waals surface area contributed by atoms with Gasteiger partial charge in [-0.25, -0.2) is 0 Å². The van der Waals surface area contributed by atoms with E-state index in [1.807, 2.05) is 18.2 Å². The maximum absolute atomic E-state index is 11.8. The smallest absolute Gasteiger partial charge is 0.255 e. The SMILES string of the molecule is CSc1ccc(CN2CC[C@H](Nc3ccc4c(=O)[nH]ccc4c3)C2)cc1. The summed E-state index contributed by atoms with van der Waals surface area (Å²) in [6, 6.07) is 17.2. The maximum atomic E-state index is 11.8. The third-order valence-corrected chi connectivity index (χ3v) is 5.73. The highest BCUT2D eigenvalue weighted by Gasteiger charge is 2.22. The molecular formula is C21H23N3OS. The molecule has 1 aromatic heterocycles. The Morgan fingerprint density at radius 3 is 2.85 bits per heavy atom. The highest BCUT2D eigenvalue weighted by molar-refractivity contribution is 7.98. The van der Waals surface area contributed by atoms with E-state index >= 15 is 0 Å². The lowest BCUT2D eigenvalue weighted by Crippen LogP contribution is -2.26. The van der Waals surface area contributed by atoms with E-state index in [0.717, 1.165) is 42.5 Å². The molecule has 0 bridgehead atoms. The van der Waals surface area contributed by atoms with Crippen LogP contribution in [0, 0.1) is 0 Å². The molecule has 5 heteroatoms. The summed E-state index contributed by atoms with van der Waals surface area (Å²) in [4.78, 5) is 18.3. The topological polar surface area (TPSA) is 48.1 Å². The summed E-state index contributed by atoms with van der Waals surface area (Å²) in [5, 5.41) is 5.34. The molecule has 1 saturated heterocycles. The lowest BCUT2D eigenvalue weighted by molar-refractivity contribution is 0.328. The number of hydrogen-bond donors (Lipinski definition) is 2. The Labute approximate surface area is 157 Å². The molecule has 0 spiro atoms. The van der Waals surface area contributed by atoms with Gasteiger partial charge in [-0.2, -0.15) is 0 Å². The number of rotatable bonds is 5. The number of hydrogen-bond acceptors (Lipinski definition) is 4. The zero-order chi connectivity index (χ0) is 17.9.